The highest BCUT2D eigenvalue weighted by molar-refractivity contribution is 6.38. The summed E-state index contributed by atoms with van der Waals surface area (Å²) < 4.78 is 16.3. The van der Waals surface area contributed by atoms with E-state index in [1.54, 1.807) is 4.57 Å². The van der Waals surface area contributed by atoms with Crippen LogP contribution < -0.4 is 10.3 Å². The molecule has 24 heavy (non-hydrogen) atoms. The first-order chi connectivity index (χ1) is 11.5. The van der Waals surface area contributed by atoms with E-state index in [4.69, 9.17) is 11.6 Å². The fourth-order valence-electron chi connectivity index (χ4n) is 3.29. The van der Waals surface area contributed by atoms with Crippen molar-refractivity contribution in [3.63, 3.8) is 0 Å². The van der Waals surface area contributed by atoms with Crippen LogP contribution in [0, 0.1) is 5.82 Å². The number of piperidine rings is 1. The summed E-state index contributed by atoms with van der Waals surface area (Å²) in [6.07, 6.45) is 4.31. The minimum atomic E-state index is -1.33. The van der Waals surface area contributed by atoms with Gasteiger partial charge in [-0.25, -0.2) is 9.18 Å². The lowest BCUT2D eigenvalue weighted by atomic mass is 10.1. The van der Waals surface area contributed by atoms with Crippen LogP contribution in [0.1, 0.15) is 36.5 Å². The Labute approximate surface area is 143 Å². The van der Waals surface area contributed by atoms with Crippen molar-refractivity contribution in [1.29, 1.82) is 0 Å². The molecule has 5 nitrogen and oxygen atoms in total. The normalized spacial score (nSPS) is 15.0. The number of halogens is 2. The molecule has 2 aromatic rings. The van der Waals surface area contributed by atoms with Gasteiger partial charge in [0.15, 0.2) is 0 Å². The third-order valence-corrected chi connectivity index (χ3v) is 4.83. The van der Waals surface area contributed by atoms with Crippen LogP contribution in [0.25, 0.3) is 10.9 Å². The van der Waals surface area contributed by atoms with E-state index in [0.717, 1.165) is 25.3 Å². The second-order valence-electron chi connectivity index (χ2n) is 5.93. The average molecular weight is 353 g/mol. The summed E-state index contributed by atoms with van der Waals surface area (Å²) in [5.41, 5.74) is -0.414. The van der Waals surface area contributed by atoms with Gasteiger partial charge < -0.3 is 14.6 Å². The van der Waals surface area contributed by atoms with E-state index in [0.29, 0.717) is 30.8 Å². The summed E-state index contributed by atoms with van der Waals surface area (Å²) in [4.78, 5) is 25.6. The zero-order valence-electron chi connectivity index (χ0n) is 13.3. The van der Waals surface area contributed by atoms with Gasteiger partial charge in [0, 0.05) is 25.8 Å². The molecule has 128 valence electrons. The van der Waals surface area contributed by atoms with Crippen molar-refractivity contribution in [2.24, 2.45) is 0 Å². The molecular weight excluding hydrogens is 335 g/mol. The molecule has 1 saturated heterocycles. The third-order valence-electron chi connectivity index (χ3n) is 4.47. The van der Waals surface area contributed by atoms with E-state index in [2.05, 4.69) is 0 Å². The van der Waals surface area contributed by atoms with E-state index in [1.807, 2.05) is 11.8 Å². The molecule has 0 unspecified atom stereocenters. The van der Waals surface area contributed by atoms with Gasteiger partial charge in [-0.3, -0.25) is 4.79 Å². The highest BCUT2D eigenvalue weighted by atomic mass is 35.5. The topological polar surface area (TPSA) is 62.5 Å². The van der Waals surface area contributed by atoms with Crippen LogP contribution in [-0.4, -0.2) is 28.7 Å². The quantitative estimate of drug-likeness (QED) is 0.918. The number of nitrogens with zero attached hydrogens (tertiary/aromatic N) is 2. The van der Waals surface area contributed by atoms with Crippen LogP contribution in [0.4, 0.5) is 10.1 Å². The predicted molar refractivity (Wildman–Crippen MR) is 91.9 cm³/mol. The molecule has 0 aliphatic carbocycles. The number of rotatable bonds is 3. The zero-order valence-corrected chi connectivity index (χ0v) is 14.1. The van der Waals surface area contributed by atoms with Crippen molar-refractivity contribution >= 4 is 34.2 Å². The predicted octanol–water partition coefficient (Wildman–Crippen LogP) is 3.50. The second kappa shape index (κ2) is 6.43. The van der Waals surface area contributed by atoms with Crippen LogP contribution in [0.5, 0.6) is 0 Å². The molecule has 0 amide bonds. The van der Waals surface area contributed by atoms with Gasteiger partial charge in [0.1, 0.15) is 11.4 Å². The average Bonchev–Trinajstić information content (AvgIpc) is 2.56. The largest absolute Gasteiger partial charge is 0.477 e. The summed E-state index contributed by atoms with van der Waals surface area (Å²) in [6, 6.07) is 1.12. The van der Waals surface area contributed by atoms with Gasteiger partial charge in [-0.15, -0.1) is 0 Å². The first-order valence-corrected chi connectivity index (χ1v) is 8.37. The van der Waals surface area contributed by atoms with Gasteiger partial charge in [-0.1, -0.05) is 11.6 Å². The Morgan fingerprint density at radius 1 is 1.33 bits per heavy atom. The minimum Gasteiger partial charge on any atom is -0.477 e. The van der Waals surface area contributed by atoms with Gasteiger partial charge in [-0.2, -0.15) is 0 Å². The molecule has 7 heteroatoms. The Balaban J connectivity index is 2.34. The maximum Gasteiger partial charge on any atom is 0.341 e. The first-order valence-electron chi connectivity index (χ1n) is 7.99. The summed E-state index contributed by atoms with van der Waals surface area (Å²) in [5, 5.41) is 9.36. The highest BCUT2D eigenvalue weighted by Gasteiger charge is 2.24. The van der Waals surface area contributed by atoms with E-state index in [1.165, 1.54) is 6.20 Å². The number of hydrogen-bond acceptors (Lipinski definition) is 3. The first kappa shape index (κ1) is 16.8. The summed E-state index contributed by atoms with van der Waals surface area (Å²) >= 11 is 6.48. The van der Waals surface area contributed by atoms with E-state index < -0.39 is 17.2 Å². The monoisotopic (exact) mass is 352 g/mol. The van der Waals surface area contributed by atoms with Crippen LogP contribution in [-0.2, 0) is 6.54 Å². The van der Waals surface area contributed by atoms with Crippen molar-refractivity contribution in [3.8, 4) is 0 Å². The van der Waals surface area contributed by atoms with Crippen molar-refractivity contribution < 1.29 is 14.3 Å². The molecule has 3 rings (SSSR count). The molecule has 0 radical (unpaired) electrons. The van der Waals surface area contributed by atoms with Crippen LogP contribution in [0.2, 0.25) is 5.02 Å². The number of pyridine rings is 1. The van der Waals surface area contributed by atoms with Gasteiger partial charge in [0.2, 0.25) is 5.43 Å². The fourth-order valence-corrected chi connectivity index (χ4v) is 3.71. The molecule has 1 aliphatic heterocycles. The number of carboxylic acid groups (broad SMARTS) is 1. The van der Waals surface area contributed by atoms with Crippen molar-refractivity contribution in [3.05, 3.63) is 38.9 Å². The Kier molecular flexibility index (Phi) is 4.49. The number of aryl methyl sites for hydroxylation is 1. The summed E-state index contributed by atoms with van der Waals surface area (Å²) in [6.45, 7) is 3.66. The molecule has 1 aliphatic rings. The number of fused-ring (bicyclic) bond motifs is 1. The standard InChI is InChI=1S/C17H18ClFN2O3/c1-2-20-9-11(17(23)24)16(22)10-8-12(19)15(13(18)14(10)20)21-6-4-3-5-7-21/h8-9H,2-7H2,1H3,(H,23,24). The third kappa shape index (κ3) is 2.65. The molecule has 1 aromatic heterocycles. The van der Waals surface area contributed by atoms with Crippen molar-refractivity contribution in [1.82, 2.24) is 4.57 Å². The number of anilines is 1. The minimum absolute atomic E-state index is 0.00000874. The molecule has 0 bridgehead atoms. The van der Waals surface area contributed by atoms with Gasteiger partial charge >= 0.3 is 5.97 Å². The zero-order chi connectivity index (χ0) is 17.4. The van der Waals surface area contributed by atoms with E-state index in [-0.39, 0.29) is 16.0 Å². The summed E-state index contributed by atoms with van der Waals surface area (Å²) in [5.74, 6) is -1.92. The number of aromatic nitrogens is 1. The molecule has 0 saturated carbocycles. The molecule has 2 heterocycles. The van der Waals surface area contributed by atoms with Crippen molar-refractivity contribution in [2.45, 2.75) is 32.7 Å². The SMILES string of the molecule is CCn1cc(C(=O)O)c(=O)c2cc(F)c(N3CCCCC3)c(Cl)c21. The Bertz CT molecular complexity index is 872. The molecule has 1 N–H and O–H groups in total. The molecule has 0 atom stereocenters. The lowest BCUT2D eigenvalue weighted by Gasteiger charge is -2.30. The molecule has 1 fully saturated rings. The lowest BCUT2D eigenvalue weighted by molar-refractivity contribution is 0.0695. The van der Waals surface area contributed by atoms with E-state index >= 15 is 0 Å². The van der Waals surface area contributed by atoms with Gasteiger partial charge in [0.05, 0.1) is 21.6 Å². The Hall–Kier alpha value is -2.08. The second-order valence-corrected chi connectivity index (χ2v) is 6.31. The number of carbonyl (C=O) groups is 1. The van der Waals surface area contributed by atoms with Crippen LogP contribution in [0.15, 0.2) is 17.1 Å². The number of hydrogen-bond donors (Lipinski definition) is 1. The summed E-state index contributed by atoms with van der Waals surface area (Å²) in [7, 11) is 0. The molecule has 1 aromatic carbocycles. The van der Waals surface area contributed by atoms with E-state index in [9.17, 15) is 19.1 Å². The lowest BCUT2D eigenvalue weighted by Crippen LogP contribution is -2.31. The van der Waals surface area contributed by atoms with Crippen molar-refractivity contribution in [2.75, 3.05) is 18.0 Å². The molecule has 0 spiro atoms. The molecular formula is C17H18ClFN2O3. The van der Waals surface area contributed by atoms with Crippen LogP contribution in [0.3, 0.4) is 0 Å². The van der Waals surface area contributed by atoms with Gasteiger partial charge in [0.25, 0.3) is 0 Å². The van der Waals surface area contributed by atoms with Crippen LogP contribution >= 0.6 is 11.6 Å². The Morgan fingerprint density at radius 3 is 2.58 bits per heavy atom. The van der Waals surface area contributed by atoms with Gasteiger partial charge in [-0.05, 0) is 32.3 Å². The smallest absolute Gasteiger partial charge is 0.341 e. The number of aromatic carboxylic acids is 1. The number of carboxylic acids is 1. The fraction of sp³-hybridized carbons (Fsp3) is 0.412. The number of benzene rings is 1. The highest BCUT2D eigenvalue weighted by Crippen LogP contribution is 2.36. The maximum atomic E-state index is 14.7. The Morgan fingerprint density at radius 2 is 2.00 bits per heavy atom. The maximum absolute atomic E-state index is 14.7.